The largest absolute Gasteiger partial charge is 0.484 e. The molecule has 4 nitrogen and oxygen atoms in total. The lowest BCUT2D eigenvalue weighted by Crippen LogP contribution is -2.18. The van der Waals surface area contributed by atoms with E-state index in [0.29, 0.717) is 21.4 Å². The Hall–Kier alpha value is -1.49. The molecule has 0 radical (unpaired) electrons. The van der Waals surface area contributed by atoms with E-state index < -0.39 is 0 Å². The average Bonchev–Trinajstić information content (AvgIpc) is 3.19. The molecule has 0 amide bonds. The first-order valence-corrected chi connectivity index (χ1v) is 9.10. The standard InChI is InChI=1S/C19H21Cl2NO3/c1-12-8-16(13(2)22(12)10-15-4-3-7-24-15)18(23)11-25-19-9-14(20)5-6-17(19)21/h5-6,8-9,15H,3-4,7,10-11H2,1-2H3/t15-/m1/s1. The van der Waals surface area contributed by atoms with Crippen LogP contribution in [0.1, 0.15) is 34.6 Å². The summed E-state index contributed by atoms with van der Waals surface area (Å²) in [5.74, 6) is 0.332. The maximum Gasteiger partial charge on any atom is 0.202 e. The molecule has 0 aliphatic carbocycles. The second-order valence-electron chi connectivity index (χ2n) is 6.32. The van der Waals surface area contributed by atoms with Crippen molar-refractivity contribution in [1.82, 2.24) is 4.57 Å². The third-order valence-electron chi connectivity index (χ3n) is 4.54. The summed E-state index contributed by atoms with van der Waals surface area (Å²) in [4.78, 5) is 12.6. The minimum absolute atomic E-state index is 0.0791. The molecule has 1 atom stereocenters. The number of hydrogen-bond donors (Lipinski definition) is 0. The van der Waals surface area contributed by atoms with Gasteiger partial charge in [-0.2, -0.15) is 0 Å². The van der Waals surface area contributed by atoms with E-state index in [1.54, 1.807) is 18.2 Å². The van der Waals surface area contributed by atoms with Gasteiger partial charge in [0, 0.05) is 41.2 Å². The second-order valence-corrected chi connectivity index (χ2v) is 7.16. The third-order valence-corrected chi connectivity index (χ3v) is 5.08. The van der Waals surface area contributed by atoms with Crippen LogP contribution in [0.15, 0.2) is 24.3 Å². The Labute approximate surface area is 157 Å². The Kier molecular flexibility index (Phi) is 5.72. The van der Waals surface area contributed by atoms with Crippen molar-refractivity contribution in [3.8, 4) is 5.75 Å². The van der Waals surface area contributed by atoms with Gasteiger partial charge in [-0.15, -0.1) is 0 Å². The average molecular weight is 382 g/mol. The van der Waals surface area contributed by atoms with Crippen LogP contribution in [0.2, 0.25) is 10.0 Å². The molecule has 1 aliphatic rings. The molecule has 3 rings (SSSR count). The summed E-state index contributed by atoms with van der Waals surface area (Å²) in [5, 5.41) is 0.947. The number of benzene rings is 1. The first kappa shape index (κ1) is 18.3. The molecule has 0 N–H and O–H groups in total. The van der Waals surface area contributed by atoms with E-state index in [-0.39, 0.29) is 18.5 Å². The van der Waals surface area contributed by atoms with Crippen LogP contribution in [0, 0.1) is 13.8 Å². The monoisotopic (exact) mass is 381 g/mol. The van der Waals surface area contributed by atoms with Gasteiger partial charge in [0.15, 0.2) is 6.61 Å². The van der Waals surface area contributed by atoms with Crippen LogP contribution < -0.4 is 4.74 Å². The van der Waals surface area contributed by atoms with E-state index in [1.807, 2.05) is 19.9 Å². The predicted octanol–water partition coefficient (Wildman–Crippen LogP) is 4.85. The van der Waals surface area contributed by atoms with Crippen LogP contribution >= 0.6 is 23.2 Å². The molecule has 1 aromatic heterocycles. The molecule has 2 heterocycles. The lowest BCUT2D eigenvalue weighted by atomic mass is 10.1. The van der Waals surface area contributed by atoms with Crippen molar-refractivity contribution in [2.45, 2.75) is 39.3 Å². The molecular weight excluding hydrogens is 361 g/mol. The number of rotatable bonds is 6. The summed E-state index contributed by atoms with van der Waals surface area (Å²) in [6.45, 7) is 5.50. The number of ether oxygens (including phenoxy) is 2. The Morgan fingerprint density at radius 1 is 1.32 bits per heavy atom. The Morgan fingerprint density at radius 2 is 2.12 bits per heavy atom. The summed E-state index contributed by atoms with van der Waals surface area (Å²) < 4.78 is 13.4. The fourth-order valence-corrected chi connectivity index (χ4v) is 3.50. The molecule has 2 aromatic rings. The van der Waals surface area contributed by atoms with Gasteiger partial charge in [0.1, 0.15) is 5.75 Å². The van der Waals surface area contributed by atoms with Gasteiger partial charge in [-0.25, -0.2) is 0 Å². The first-order valence-electron chi connectivity index (χ1n) is 8.35. The van der Waals surface area contributed by atoms with E-state index >= 15 is 0 Å². The van der Waals surface area contributed by atoms with E-state index in [0.717, 1.165) is 37.4 Å². The van der Waals surface area contributed by atoms with Crippen LogP contribution in [0.25, 0.3) is 0 Å². The minimum atomic E-state index is -0.0808. The number of hydrogen-bond acceptors (Lipinski definition) is 3. The normalized spacial score (nSPS) is 17.0. The summed E-state index contributed by atoms with van der Waals surface area (Å²) in [5.41, 5.74) is 2.67. The smallest absolute Gasteiger partial charge is 0.202 e. The molecule has 6 heteroatoms. The zero-order valence-electron chi connectivity index (χ0n) is 14.4. The van der Waals surface area contributed by atoms with Crippen LogP contribution in [0.5, 0.6) is 5.75 Å². The number of halogens is 2. The predicted molar refractivity (Wildman–Crippen MR) is 99.2 cm³/mol. The zero-order valence-corrected chi connectivity index (χ0v) is 15.9. The second kappa shape index (κ2) is 7.81. The van der Waals surface area contributed by atoms with Crippen LogP contribution in [-0.2, 0) is 11.3 Å². The fraction of sp³-hybridized carbons (Fsp3) is 0.421. The number of carbonyl (C=O) groups excluding carboxylic acids is 1. The van der Waals surface area contributed by atoms with Crippen LogP contribution in [0.4, 0.5) is 0 Å². The highest BCUT2D eigenvalue weighted by molar-refractivity contribution is 6.34. The lowest BCUT2D eigenvalue weighted by Gasteiger charge is -2.15. The molecule has 1 aromatic carbocycles. The quantitative estimate of drug-likeness (QED) is 0.671. The molecule has 0 unspecified atom stereocenters. The van der Waals surface area contributed by atoms with Crippen LogP contribution in [-0.4, -0.2) is 29.7 Å². The lowest BCUT2D eigenvalue weighted by molar-refractivity contribution is 0.0914. The molecule has 25 heavy (non-hydrogen) atoms. The molecular formula is C19H21Cl2NO3. The number of ketones is 1. The minimum Gasteiger partial charge on any atom is -0.484 e. The Balaban J connectivity index is 1.70. The van der Waals surface area contributed by atoms with Crippen molar-refractivity contribution in [2.75, 3.05) is 13.2 Å². The summed E-state index contributed by atoms with van der Waals surface area (Å²) >= 11 is 12.0. The Bertz CT molecular complexity index is 779. The summed E-state index contributed by atoms with van der Waals surface area (Å²) in [6, 6.07) is 6.85. The molecule has 0 bridgehead atoms. The number of aryl methyl sites for hydroxylation is 1. The van der Waals surface area contributed by atoms with E-state index in [9.17, 15) is 4.79 Å². The van der Waals surface area contributed by atoms with Crippen molar-refractivity contribution in [3.05, 3.63) is 51.3 Å². The highest BCUT2D eigenvalue weighted by atomic mass is 35.5. The maximum atomic E-state index is 12.6. The van der Waals surface area contributed by atoms with Crippen molar-refractivity contribution in [2.24, 2.45) is 0 Å². The maximum absolute atomic E-state index is 12.6. The number of Topliss-reactive ketones (excluding diaryl/α,β-unsaturated/α-hetero) is 1. The molecule has 1 fully saturated rings. The van der Waals surface area contributed by atoms with Gasteiger partial charge >= 0.3 is 0 Å². The fourth-order valence-electron chi connectivity index (χ4n) is 3.17. The summed E-state index contributed by atoms with van der Waals surface area (Å²) in [6.07, 6.45) is 2.40. The van der Waals surface area contributed by atoms with Crippen molar-refractivity contribution >= 4 is 29.0 Å². The Morgan fingerprint density at radius 3 is 2.84 bits per heavy atom. The highest BCUT2D eigenvalue weighted by Gasteiger charge is 2.21. The highest BCUT2D eigenvalue weighted by Crippen LogP contribution is 2.28. The number of aromatic nitrogens is 1. The van der Waals surface area contributed by atoms with Crippen molar-refractivity contribution in [3.63, 3.8) is 0 Å². The van der Waals surface area contributed by atoms with E-state index in [2.05, 4.69) is 4.57 Å². The zero-order chi connectivity index (χ0) is 18.0. The van der Waals surface area contributed by atoms with Gasteiger partial charge in [-0.1, -0.05) is 23.2 Å². The van der Waals surface area contributed by atoms with Gasteiger partial charge in [0.2, 0.25) is 5.78 Å². The van der Waals surface area contributed by atoms with Gasteiger partial charge in [0.05, 0.1) is 11.1 Å². The third kappa shape index (κ3) is 4.20. The molecule has 134 valence electrons. The number of carbonyl (C=O) groups is 1. The van der Waals surface area contributed by atoms with Gasteiger partial charge < -0.3 is 14.0 Å². The molecule has 1 saturated heterocycles. The molecule has 1 aliphatic heterocycles. The van der Waals surface area contributed by atoms with Gasteiger partial charge in [-0.05, 0) is 44.9 Å². The van der Waals surface area contributed by atoms with E-state index in [4.69, 9.17) is 32.7 Å². The number of nitrogens with zero attached hydrogens (tertiary/aromatic N) is 1. The van der Waals surface area contributed by atoms with Crippen molar-refractivity contribution in [1.29, 1.82) is 0 Å². The summed E-state index contributed by atoms with van der Waals surface area (Å²) in [7, 11) is 0. The molecule has 0 spiro atoms. The first-order chi connectivity index (χ1) is 12.0. The van der Waals surface area contributed by atoms with Crippen LogP contribution in [0.3, 0.4) is 0 Å². The van der Waals surface area contributed by atoms with Gasteiger partial charge in [-0.3, -0.25) is 4.79 Å². The van der Waals surface area contributed by atoms with Gasteiger partial charge in [0.25, 0.3) is 0 Å². The topological polar surface area (TPSA) is 40.5 Å². The van der Waals surface area contributed by atoms with Crippen molar-refractivity contribution < 1.29 is 14.3 Å². The molecule has 0 saturated carbocycles. The SMILES string of the molecule is Cc1cc(C(=O)COc2cc(Cl)ccc2Cl)c(C)n1C[C@H]1CCCO1. The van der Waals surface area contributed by atoms with E-state index in [1.165, 1.54) is 0 Å².